The average Bonchev–Trinajstić information content (AvgIpc) is 2.93. The monoisotopic (exact) mass is 399 g/mol. The van der Waals surface area contributed by atoms with Crippen molar-refractivity contribution in [3.05, 3.63) is 65.2 Å². The fourth-order valence-corrected chi connectivity index (χ4v) is 3.11. The Bertz CT molecular complexity index is 932. The molecule has 5 nitrogen and oxygen atoms in total. The Labute approximate surface area is 155 Å². The number of hydrazine groups is 1. The summed E-state index contributed by atoms with van der Waals surface area (Å²) >= 11 is 0. The molecule has 0 aliphatic carbocycles. The molecule has 2 atom stereocenters. The van der Waals surface area contributed by atoms with Gasteiger partial charge in [-0.2, -0.15) is 13.2 Å². The van der Waals surface area contributed by atoms with Crippen LogP contribution in [0, 0.1) is 17.6 Å². The number of nitrogens with two attached hydrogens (primary N) is 1. The van der Waals surface area contributed by atoms with Crippen LogP contribution in [0.2, 0.25) is 0 Å². The number of rotatable bonds is 3. The van der Waals surface area contributed by atoms with Gasteiger partial charge in [0.05, 0.1) is 11.3 Å². The van der Waals surface area contributed by atoms with E-state index in [1.165, 1.54) is 6.07 Å². The Morgan fingerprint density at radius 3 is 2.50 bits per heavy atom. The summed E-state index contributed by atoms with van der Waals surface area (Å²) in [6.45, 7) is -0.205. The maximum Gasteiger partial charge on any atom is 0.416 e. The van der Waals surface area contributed by atoms with Crippen LogP contribution in [0.1, 0.15) is 17.0 Å². The number of anilines is 1. The molecule has 3 N–H and O–H groups in total. The minimum absolute atomic E-state index is 0.0796. The highest BCUT2D eigenvalue weighted by molar-refractivity contribution is 6.08. The zero-order valence-corrected chi connectivity index (χ0v) is 14.1. The second-order valence-electron chi connectivity index (χ2n) is 6.29. The molecule has 10 heteroatoms. The van der Waals surface area contributed by atoms with Crippen LogP contribution in [0.4, 0.5) is 27.6 Å². The van der Waals surface area contributed by atoms with Crippen LogP contribution < -0.4 is 11.2 Å². The lowest BCUT2D eigenvalue weighted by atomic mass is 9.87. The molecule has 1 saturated heterocycles. The minimum Gasteiger partial charge on any atom is -0.323 e. The Hall–Kier alpha value is -3.01. The van der Waals surface area contributed by atoms with E-state index in [-0.39, 0.29) is 12.1 Å². The number of hydrogen-bond donors (Lipinski definition) is 2. The first-order valence-corrected chi connectivity index (χ1v) is 8.07. The fourth-order valence-electron chi connectivity index (χ4n) is 3.11. The summed E-state index contributed by atoms with van der Waals surface area (Å²) in [6.07, 6.45) is -4.61. The summed E-state index contributed by atoms with van der Waals surface area (Å²) in [5, 5.41) is 2.83. The predicted molar refractivity (Wildman–Crippen MR) is 88.6 cm³/mol. The van der Waals surface area contributed by atoms with Crippen LogP contribution in [0.25, 0.3) is 0 Å². The number of alkyl halides is 3. The third-order valence-electron chi connectivity index (χ3n) is 4.48. The van der Waals surface area contributed by atoms with Gasteiger partial charge >= 0.3 is 6.18 Å². The van der Waals surface area contributed by atoms with E-state index in [1.807, 2.05) is 0 Å². The zero-order valence-electron chi connectivity index (χ0n) is 14.1. The molecule has 1 aliphatic heterocycles. The van der Waals surface area contributed by atoms with E-state index in [0.717, 1.165) is 41.4 Å². The standard InChI is InChI=1S/C18H14F5N3O2/c19-12-5-2-6-13(15(12)20)25-16(27)14-11(8-26(24)17(14)28)9-3-1-4-10(7-9)18(21,22)23/h1-7,11,14H,8,24H2,(H,25,27). The Kier molecular flexibility index (Phi) is 5.07. The number of nitrogens with one attached hydrogen (secondary N) is 1. The number of nitrogens with zero attached hydrogens (tertiary/aromatic N) is 1. The molecule has 0 bridgehead atoms. The Balaban J connectivity index is 1.93. The Morgan fingerprint density at radius 2 is 1.82 bits per heavy atom. The molecule has 2 unspecified atom stereocenters. The van der Waals surface area contributed by atoms with Crippen molar-refractivity contribution in [1.82, 2.24) is 5.01 Å². The molecule has 3 rings (SSSR count). The van der Waals surface area contributed by atoms with Gasteiger partial charge in [-0.25, -0.2) is 14.6 Å². The maximum absolute atomic E-state index is 13.8. The van der Waals surface area contributed by atoms with Gasteiger partial charge in [-0.05, 0) is 23.8 Å². The van der Waals surface area contributed by atoms with Crippen LogP contribution in [0.3, 0.4) is 0 Å². The molecule has 1 fully saturated rings. The average molecular weight is 399 g/mol. The van der Waals surface area contributed by atoms with Crippen LogP contribution in [-0.2, 0) is 15.8 Å². The van der Waals surface area contributed by atoms with E-state index in [2.05, 4.69) is 5.32 Å². The lowest BCUT2D eigenvalue weighted by Gasteiger charge is -2.18. The third-order valence-corrected chi connectivity index (χ3v) is 4.48. The van der Waals surface area contributed by atoms with Crippen LogP contribution >= 0.6 is 0 Å². The van der Waals surface area contributed by atoms with Crippen molar-refractivity contribution in [2.45, 2.75) is 12.1 Å². The van der Waals surface area contributed by atoms with Crippen molar-refractivity contribution in [3.8, 4) is 0 Å². The number of carbonyl (C=O) groups is 2. The lowest BCUT2D eigenvalue weighted by molar-refractivity contribution is -0.137. The first-order valence-electron chi connectivity index (χ1n) is 8.07. The van der Waals surface area contributed by atoms with Gasteiger partial charge in [-0.15, -0.1) is 0 Å². The Morgan fingerprint density at radius 1 is 1.14 bits per heavy atom. The summed E-state index contributed by atoms with van der Waals surface area (Å²) < 4.78 is 66.0. The van der Waals surface area contributed by atoms with Crippen LogP contribution in [0.5, 0.6) is 0 Å². The maximum atomic E-state index is 13.8. The molecule has 0 aromatic heterocycles. The first kappa shape index (κ1) is 19.7. The summed E-state index contributed by atoms with van der Waals surface area (Å²) in [5.74, 6) is -1.28. The second-order valence-corrected chi connectivity index (χ2v) is 6.29. The van der Waals surface area contributed by atoms with Gasteiger partial charge in [0.2, 0.25) is 11.8 Å². The van der Waals surface area contributed by atoms with Crippen molar-refractivity contribution in [2.75, 3.05) is 11.9 Å². The molecule has 1 aliphatic rings. The van der Waals surface area contributed by atoms with E-state index in [1.54, 1.807) is 0 Å². The summed E-state index contributed by atoms with van der Waals surface area (Å²) in [6, 6.07) is 7.29. The van der Waals surface area contributed by atoms with Crippen LogP contribution in [0.15, 0.2) is 42.5 Å². The summed E-state index contributed by atoms with van der Waals surface area (Å²) in [5.41, 5.74) is -1.35. The smallest absolute Gasteiger partial charge is 0.323 e. The lowest BCUT2D eigenvalue weighted by Crippen LogP contribution is -2.37. The topological polar surface area (TPSA) is 75.4 Å². The third kappa shape index (κ3) is 3.68. The highest BCUT2D eigenvalue weighted by atomic mass is 19.4. The molecule has 0 radical (unpaired) electrons. The number of hydrogen-bond acceptors (Lipinski definition) is 3. The number of benzene rings is 2. The van der Waals surface area contributed by atoms with Gasteiger partial charge in [0.25, 0.3) is 0 Å². The quantitative estimate of drug-likeness (QED) is 0.361. The van der Waals surface area contributed by atoms with Gasteiger partial charge in [0.15, 0.2) is 11.6 Å². The van der Waals surface area contributed by atoms with E-state index >= 15 is 0 Å². The van der Waals surface area contributed by atoms with E-state index in [4.69, 9.17) is 5.84 Å². The van der Waals surface area contributed by atoms with Gasteiger partial charge in [-0.3, -0.25) is 14.6 Å². The van der Waals surface area contributed by atoms with Crippen molar-refractivity contribution in [3.63, 3.8) is 0 Å². The van der Waals surface area contributed by atoms with Crippen molar-refractivity contribution < 1.29 is 31.5 Å². The minimum atomic E-state index is -4.61. The van der Waals surface area contributed by atoms with Crippen LogP contribution in [-0.4, -0.2) is 23.4 Å². The second kappa shape index (κ2) is 7.19. The molecule has 28 heavy (non-hydrogen) atoms. The molecule has 1 heterocycles. The molecule has 2 amide bonds. The first-order chi connectivity index (χ1) is 13.1. The van der Waals surface area contributed by atoms with Gasteiger partial charge in [0, 0.05) is 12.5 Å². The molecule has 0 spiro atoms. The normalized spacial score (nSPS) is 19.8. The van der Waals surface area contributed by atoms with E-state index < -0.39 is 52.7 Å². The molecule has 2 aromatic rings. The highest BCUT2D eigenvalue weighted by Gasteiger charge is 2.45. The SMILES string of the molecule is NN1CC(c2cccc(C(F)(F)F)c2)C(C(=O)Nc2cccc(F)c2F)C1=O. The molecule has 0 saturated carbocycles. The molecule has 2 aromatic carbocycles. The largest absolute Gasteiger partial charge is 0.416 e. The van der Waals surface area contributed by atoms with Gasteiger partial charge in [0.1, 0.15) is 5.92 Å². The zero-order chi connectivity index (χ0) is 20.6. The number of carbonyl (C=O) groups excluding carboxylic acids is 2. The van der Waals surface area contributed by atoms with Gasteiger partial charge in [-0.1, -0.05) is 24.3 Å². The number of halogens is 5. The van der Waals surface area contributed by atoms with E-state index in [9.17, 15) is 31.5 Å². The summed E-state index contributed by atoms with van der Waals surface area (Å²) in [7, 11) is 0. The number of amides is 2. The van der Waals surface area contributed by atoms with E-state index in [0.29, 0.717) is 0 Å². The highest BCUT2D eigenvalue weighted by Crippen LogP contribution is 2.37. The molecular formula is C18H14F5N3O2. The molecule has 148 valence electrons. The summed E-state index contributed by atoms with van der Waals surface area (Å²) in [4.78, 5) is 24.9. The molecular weight excluding hydrogens is 385 g/mol. The predicted octanol–water partition coefficient (Wildman–Crippen LogP) is 3.04. The van der Waals surface area contributed by atoms with Crippen molar-refractivity contribution in [2.24, 2.45) is 11.8 Å². The van der Waals surface area contributed by atoms with Gasteiger partial charge < -0.3 is 5.32 Å². The van der Waals surface area contributed by atoms with Crippen molar-refractivity contribution >= 4 is 17.5 Å². The van der Waals surface area contributed by atoms with Crippen molar-refractivity contribution in [1.29, 1.82) is 0 Å². The fraction of sp³-hybridized carbons (Fsp3) is 0.222.